The van der Waals surface area contributed by atoms with Gasteiger partial charge in [0.15, 0.2) is 6.04 Å². The number of fused-ring (bicyclic) bond motifs is 1. The third-order valence-electron chi connectivity index (χ3n) is 4.89. The van der Waals surface area contributed by atoms with E-state index in [4.69, 9.17) is 0 Å². The first-order valence-electron chi connectivity index (χ1n) is 9.99. The van der Waals surface area contributed by atoms with Crippen molar-refractivity contribution in [2.45, 2.75) is 6.04 Å². The van der Waals surface area contributed by atoms with Gasteiger partial charge >= 0.3 is 0 Å². The average Bonchev–Trinajstić information content (AvgIpc) is 2.85. The summed E-state index contributed by atoms with van der Waals surface area (Å²) < 4.78 is 0. The van der Waals surface area contributed by atoms with E-state index in [1.807, 2.05) is 0 Å². The van der Waals surface area contributed by atoms with Crippen molar-refractivity contribution in [3.05, 3.63) is 106 Å². The predicted molar refractivity (Wildman–Crippen MR) is 123 cm³/mol. The van der Waals surface area contributed by atoms with E-state index in [0.717, 1.165) is 0 Å². The summed E-state index contributed by atoms with van der Waals surface area (Å²) in [5.74, 6) is -1.19. The number of H-pyrrole nitrogens is 1. The zero-order chi connectivity index (χ0) is 23.2. The second-order valence-corrected chi connectivity index (χ2v) is 7.05. The Morgan fingerprint density at radius 3 is 2.36 bits per heavy atom. The summed E-state index contributed by atoms with van der Waals surface area (Å²) in [4.78, 5) is 38.1. The highest BCUT2D eigenvalue weighted by atomic mass is 16.3. The zero-order valence-corrected chi connectivity index (χ0v) is 17.2. The van der Waals surface area contributed by atoms with Crippen molar-refractivity contribution in [2.24, 2.45) is 5.10 Å². The van der Waals surface area contributed by atoms with Gasteiger partial charge in [-0.1, -0.05) is 48.5 Å². The lowest BCUT2D eigenvalue weighted by Crippen LogP contribution is -2.40. The minimum absolute atomic E-state index is 0.00211. The third-order valence-corrected chi connectivity index (χ3v) is 4.89. The molecule has 2 amide bonds. The maximum Gasteiger partial charge on any atom is 0.272 e. The number of nitrogens with zero attached hydrogens (tertiary/aromatic N) is 2. The van der Waals surface area contributed by atoms with E-state index in [9.17, 15) is 19.5 Å². The molecule has 1 aromatic heterocycles. The van der Waals surface area contributed by atoms with E-state index in [1.165, 1.54) is 12.3 Å². The highest BCUT2D eigenvalue weighted by molar-refractivity contribution is 5.99. The summed E-state index contributed by atoms with van der Waals surface area (Å²) >= 11 is 0. The minimum atomic E-state index is -1.26. The van der Waals surface area contributed by atoms with Crippen LogP contribution in [0.4, 0.5) is 0 Å². The maximum absolute atomic E-state index is 13.1. The first-order valence-corrected chi connectivity index (χ1v) is 9.99. The molecule has 0 radical (unpaired) electrons. The van der Waals surface area contributed by atoms with E-state index >= 15 is 0 Å². The van der Waals surface area contributed by atoms with E-state index in [-0.39, 0.29) is 11.4 Å². The fourth-order valence-electron chi connectivity index (χ4n) is 3.24. The van der Waals surface area contributed by atoms with Gasteiger partial charge < -0.3 is 10.4 Å². The molecule has 0 bridgehead atoms. The highest BCUT2D eigenvalue weighted by Crippen LogP contribution is 2.20. The van der Waals surface area contributed by atoms with Crippen LogP contribution >= 0.6 is 0 Å². The van der Waals surface area contributed by atoms with Gasteiger partial charge in [0, 0.05) is 16.5 Å². The van der Waals surface area contributed by atoms with Crippen LogP contribution < -0.4 is 16.3 Å². The van der Waals surface area contributed by atoms with Gasteiger partial charge in [0.25, 0.3) is 17.4 Å². The van der Waals surface area contributed by atoms with Gasteiger partial charge in [-0.3, -0.25) is 14.4 Å². The van der Waals surface area contributed by atoms with Gasteiger partial charge in [-0.2, -0.15) is 10.2 Å². The summed E-state index contributed by atoms with van der Waals surface area (Å²) in [6.45, 7) is 0. The Labute approximate surface area is 187 Å². The second-order valence-electron chi connectivity index (χ2n) is 7.05. The van der Waals surface area contributed by atoms with Crippen LogP contribution in [0.1, 0.15) is 27.7 Å². The number of hydrazone groups is 1. The van der Waals surface area contributed by atoms with Crippen molar-refractivity contribution in [3.8, 4) is 5.75 Å². The monoisotopic (exact) mass is 441 g/mol. The molecule has 0 aliphatic heterocycles. The number of carbonyl (C=O) groups is 2. The fourth-order valence-corrected chi connectivity index (χ4v) is 3.24. The Morgan fingerprint density at radius 2 is 1.61 bits per heavy atom. The SMILES string of the molecule is O=C(N[C@H](C(=O)N/N=C/c1ccccc1O)c1n[nH]c(=O)c2ccccc12)c1ccccc1. The van der Waals surface area contributed by atoms with Gasteiger partial charge in [0.05, 0.1) is 11.6 Å². The van der Waals surface area contributed by atoms with Crippen molar-refractivity contribution in [1.29, 1.82) is 0 Å². The van der Waals surface area contributed by atoms with Crippen LogP contribution in [0.2, 0.25) is 0 Å². The van der Waals surface area contributed by atoms with E-state index in [0.29, 0.717) is 21.9 Å². The van der Waals surface area contributed by atoms with Crippen LogP contribution in [0, 0.1) is 0 Å². The van der Waals surface area contributed by atoms with Crippen molar-refractivity contribution in [3.63, 3.8) is 0 Å². The molecular weight excluding hydrogens is 422 g/mol. The lowest BCUT2D eigenvalue weighted by atomic mass is 10.0. The molecule has 1 heterocycles. The lowest BCUT2D eigenvalue weighted by Gasteiger charge is -2.18. The molecule has 0 saturated carbocycles. The molecule has 0 aliphatic rings. The number of phenols is 1. The number of aromatic amines is 1. The van der Waals surface area contributed by atoms with Crippen molar-refractivity contribution < 1.29 is 14.7 Å². The van der Waals surface area contributed by atoms with Crippen molar-refractivity contribution >= 4 is 28.8 Å². The number of hydrogen-bond donors (Lipinski definition) is 4. The summed E-state index contributed by atoms with van der Waals surface area (Å²) in [5, 5.41) is 23.6. The molecular formula is C24H19N5O4. The molecule has 9 nitrogen and oxygen atoms in total. The molecule has 0 spiro atoms. The lowest BCUT2D eigenvalue weighted by molar-refractivity contribution is -0.123. The smallest absolute Gasteiger partial charge is 0.272 e. The second kappa shape index (κ2) is 9.56. The van der Waals surface area contributed by atoms with Crippen LogP contribution in [-0.4, -0.2) is 33.3 Å². The number of carbonyl (C=O) groups excluding carboxylic acids is 2. The molecule has 0 aliphatic carbocycles. The predicted octanol–water partition coefficient (Wildman–Crippen LogP) is 2.25. The number of aromatic hydroxyl groups is 1. The maximum atomic E-state index is 13.1. The summed E-state index contributed by atoms with van der Waals surface area (Å²) in [5.41, 5.74) is 2.85. The third kappa shape index (κ3) is 4.77. The Balaban J connectivity index is 1.68. The average molecular weight is 441 g/mol. The number of amides is 2. The molecule has 4 rings (SSSR count). The Morgan fingerprint density at radius 1 is 0.939 bits per heavy atom. The van der Waals surface area contributed by atoms with Crippen LogP contribution in [0.5, 0.6) is 5.75 Å². The number of benzene rings is 3. The minimum Gasteiger partial charge on any atom is -0.507 e. The van der Waals surface area contributed by atoms with Gasteiger partial charge in [0.1, 0.15) is 11.4 Å². The van der Waals surface area contributed by atoms with Crippen LogP contribution in [0.3, 0.4) is 0 Å². The van der Waals surface area contributed by atoms with Gasteiger partial charge in [-0.05, 0) is 30.3 Å². The summed E-state index contributed by atoms with van der Waals surface area (Å²) in [7, 11) is 0. The van der Waals surface area contributed by atoms with Crippen LogP contribution in [0.15, 0.2) is 88.8 Å². The number of phenolic OH excluding ortho intramolecular Hbond substituents is 1. The largest absolute Gasteiger partial charge is 0.507 e. The first kappa shape index (κ1) is 21.4. The molecule has 0 unspecified atom stereocenters. The highest BCUT2D eigenvalue weighted by Gasteiger charge is 2.27. The van der Waals surface area contributed by atoms with Gasteiger partial charge in [0.2, 0.25) is 0 Å². The number of hydrogen-bond acceptors (Lipinski definition) is 6. The van der Waals surface area contributed by atoms with Gasteiger partial charge in [-0.25, -0.2) is 10.5 Å². The van der Waals surface area contributed by atoms with Crippen LogP contribution in [-0.2, 0) is 4.79 Å². The fraction of sp³-hybridized carbons (Fsp3) is 0.0417. The van der Waals surface area contributed by atoms with E-state index < -0.39 is 23.4 Å². The Hall–Kier alpha value is -4.79. The first-order chi connectivity index (χ1) is 16.0. The number of para-hydroxylation sites is 1. The number of nitrogens with one attached hydrogen (secondary N) is 3. The molecule has 4 aromatic rings. The Bertz CT molecular complexity index is 1400. The summed E-state index contributed by atoms with van der Waals surface area (Å²) in [6.07, 6.45) is 1.28. The molecule has 164 valence electrons. The molecule has 4 N–H and O–H groups in total. The van der Waals surface area contributed by atoms with Gasteiger partial charge in [-0.15, -0.1) is 0 Å². The number of rotatable bonds is 6. The molecule has 0 saturated heterocycles. The van der Waals surface area contributed by atoms with Crippen molar-refractivity contribution in [2.75, 3.05) is 0 Å². The number of aromatic nitrogens is 2. The van der Waals surface area contributed by atoms with E-state index in [1.54, 1.807) is 72.8 Å². The van der Waals surface area contributed by atoms with E-state index in [2.05, 4.69) is 26.0 Å². The quantitative estimate of drug-likeness (QED) is 0.269. The zero-order valence-electron chi connectivity index (χ0n) is 17.2. The summed E-state index contributed by atoms with van der Waals surface area (Å²) in [6, 6.07) is 20.3. The molecule has 0 fully saturated rings. The van der Waals surface area contributed by atoms with Crippen molar-refractivity contribution in [1.82, 2.24) is 20.9 Å². The normalized spacial score (nSPS) is 11.9. The molecule has 9 heteroatoms. The topological polar surface area (TPSA) is 137 Å². The van der Waals surface area contributed by atoms with Crippen LogP contribution in [0.25, 0.3) is 10.8 Å². The molecule has 3 aromatic carbocycles. The molecule has 1 atom stereocenters. The Kier molecular flexibility index (Phi) is 6.21. The standard InChI is InChI=1S/C24H19N5O4/c30-19-13-7-4-10-16(19)14-25-28-24(33)21(26-22(31)15-8-2-1-3-9-15)20-17-11-5-6-12-18(17)23(32)29-27-20/h1-14,21,30H,(H,26,31)(H,28,33)(H,29,32)/b25-14+/t21-/m0/s1. The molecule has 33 heavy (non-hydrogen) atoms.